The number of nitrogens with one attached hydrogen (secondary N) is 3. The number of nitrogens with zero attached hydrogens (tertiary/aromatic N) is 1. The lowest BCUT2D eigenvalue weighted by molar-refractivity contribution is -0.125. The number of amides is 5. The Labute approximate surface area is 148 Å². The third kappa shape index (κ3) is 4.95. The summed E-state index contributed by atoms with van der Waals surface area (Å²) in [6, 6.07) is 7.52. The topological polar surface area (TPSA) is 90.5 Å². The van der Waals surface area contributed by atoms with Gasteiger partial charge in [-0.2, -0.15) is 0 Å². The molecule has 1 aliphatic heterocycles. The van der Waals surface area contributed by atoms with Crippen molar-refractivity contribution in [1.82, 2.24) is 20.9 Å². The Kier molecular flexibility index (Phi) is 6.01. The molecule has 3 N–H and O–H groups in total. The first-order chi connectivity index (χ1) is 11.8. The molecular formula is C18H26N4O3. The summed E-state index contributed by atoms with van der Waals surface area (Å²) in [5, 5.41) is 8.10. The number of benzene rings is 1. The van der Waals surface area contributed by atoms with Gasteiger partial charge in [-0.05, 0) is 24.5 Å². The average molecular weight is 346 g/mol. The van der Waals surface area contributed by atoms with E-state index in [1.165, 1.54) is 16.0 Å². The van der Waals surface area contributed by atoms with Crippen LogP contribution in [0.2, 0.25) is 0 Å². The van der Waals surface area contributed by atoms with Crippen LogP contribution in [0, 0.1) is 6.92 Å². The molecule has 0 aliphatic carbocycles. The molecule has 7 nitrogen and oxygen atoms in total. The second-order valence-electron chi connectivity index (χ2n) is 6.87. The van der Waals surface area contributed by atoms with Crippen molar-refractivity contribution in [2.24, 2.45) is 0 Å². The van der Waals surface area contributed by atoms with Crippen molar-refractivity contribution in [3.63, 3.8) is 0 Å². The molecule has 25 heavy (non-hydrogen) atoms. The predicted molar refractivity (Wildman–Crippen MR) is 95.3 cm³/mol. The van der Waals surface area contributed by atoms with E-state index >= 15 is 0 Å². The normalized spacial score (nSPS) is 14.4. The molecule has 5 amide bonds. The fraction of sp³-hybridized carbons (Fsp3) is 0.500. The van der Waals surface area contributed by atoms with Gasteiger partial charge in [0, 0.05) is 25.0 Å². The number of carbonyl (C=O) groups excluding carboxylic acids is 3. The summed E-state index contributed by atoms with van der Waals surface area (Å²) < 4.78 is 0. The molecule has 0 atom stereocenters. The maximum Gasteiger partial charge on any atom is 0.324 e. The highest BCUT2D eigenvalue weighted by Crippen LogP contribution is 2.25. The number of aryl methyl sites for hydroxylation is 1. The maximum absolute atomic E-state index is 11.9. The number of imide groups is 1. The number of carbonyl (C=O) groups is 3. The van der Waals surface area contributed by atoms with Gasteiger partial charge in [-0.25, -0.2) is 9.59 Å². The van der Waals surface area contributed by atoms with Gasteiger partial charge in [0.2, 0.25) is 5.91 Å². The molecule has 1 aliphatic rings. The summed E-state index contributed by atoms with van der Waals surface area (Å²) in [4.78, 5) is 35.9. The highest BCUT2D eigenvalue weighted by molar-refractivity contribution is 6.01. The van der Waals surface area contributed by atoms with Crippen molar-refractivity contribution >= 4 is 18.0 Å². The Bertz CT molecular complexity index is 641. The summed E-state index contributed by atoms with van der Waals surface area (Å²) in [5.74, 6) is -0.227. The van der Waals surface area contributed by atoms with Crippen LogP contribution in [0.5, 0.6) is 0 Å². The molecule has 2 rings (SSSR count). The van der Waals surface area contributed by atoms with Gasteiger partial charge >= 0.3 is 12.1 Å². The zero-order chi connectivity index (χ0) is 18.4. The van der Waals surface area contributed by atoms with Gasteiger partial charge < -0.3 is 16.0 Å². The zero-order valence-corrected chi connectivity index (χ0v) is 15.0. The smallest absolute Gasteiger partial charge is 0.324 e. The molecule has 0 radical (unpaired) electrons. The molecule has 1 heterocycles. The molecule has 0 saturated carbocycles. The molecular weight excluding hydrogens is 320 g/mol. The Morgan fingerprint density at radius 1 is 1.24 bits per heavy atom. The highest BCUT2D eigenvalue weighted by Gasteiger charge is 2.27. The van der Waals surface area contributed by atoms with E-state index < -0.39 is 0 Å². The van der Waals surface area contributed by atoms with Crippen molar-refractivity contribution in [3.8, 4) is 0 Å². The van der Waals surface area contributed by atoms with Crippen molar-refractivity contribution in [3.05, 3.63) is 35.4 Å². The summed E-state index contributed by atoms with van der Waals surface area (Å²) in [6.07, 6.45) is 0.522. The van der Waals surface area contributed by atoms with Crippen LogP contribution in [0.15, 0.2) is 24.3 Å². The van der Waals surface area contributed by atoms with Crippen molar-refractivity contribution in [2.75, 3.05) is 26.2 Å². The quantitative estimate of drug-likeness (QED) is 0.516. The Hall–Kier alpha value is -2.57. The minimum Gasteiger partial charge on any atom is -0.338 e. The van der Waals surface area contributed by atoms with Gasteiger partial charge in [0.25, 0.3) is 0 Å². The minimum absolute atomic E-state index is 0.0563. The third-order valence-corrected chi connectivity index (χ3v) is 4.35. The number of hydrogen-bond acceptors (Lipinski definition) is 3. The Balaban J connectivity index is 1.71. The molecule has 1 aromatic rings. The molecule has 1 saturated heterocycles. The minimum atomic E-state index is -0.366. The van der Waals surface area contributed by atoms with E-state index in [9.17, 15) is 14.4 Å². The molecule has 0 spiro atoms. The largest absolute Gasteiger partial charge is 0.338 e. The molecule has 0 aromatic heterocycles. The Morgan fingerprint density at radius 2 is 1.96 bits per heavy atom. The summed E-state index contributed by atoms with van der Waals surface area (Å²) >= 11 is 0. The van der Waals surface area contributed by atoms with Crippen LogP contribution < -0.4 is 16.0 Å². The summed E-state index contributed by atoms with van der Waals surface area (Å²) in [5.41, 5.74) is 2.22. The molecule has 0 unspecified atom stereocenters. The molecule has 1 aromatic carbocycles. The van der Waals surface area contributed by atoms with Gasteiger partial charge in [-0.15, -0.1) is 0 Å². The van der Waals surface area contributed by atoms with Gasteiger partial charge in [-0.1, -0.05) is 38.1 Å². The van der Waals surface area contributed by atoms with E-state index in [0.717, 1.165) is 0 Å². The van der Waals surface area contributed by atoms with Crippen LogP contribution in [-0.4, -0.2) is 49.0 Å². The van der Waals surface area contributed by atoms with Crippen LogP contribution in [-0.2, 0) is 10.2 Å². The van der Waals surface area contributed by atoms with Gasteiger partial charge in [-0.3, -0.25) is 9.69 Å². The summed E-state index contributed by atoms with van der Waals surface area (Å²) in [7, 11) is 0. The second-order valence-corrected chi connectivity index (χ2v) is 6.87. The van der Waals surface area contributed by atoms with Crippen molar-refractivity contribution in [1.29, 1.82) is 0 Å². The van der Waals surface area contributed by atoms with E-state index in [1.54, 1.807) is 0 Å². The molecule has 1 fully saturated rings. The lowest BCUT2D eigenvalue weighted by Gasteiger charge is -2.27. The third-order valence-electron chi connectivity index (χ3n) is 4.35. The lowest BCUT2D eigenvalue weighted by Crippen LogP contribution is -2.43. The fourth-order valence-electron chi connectivity index (χ4n) is 2.91. The molecule has 7 heteroatoms. The van der Waals surface area contributed by atoms with E-state index in [0.29, 0.717) is 26.1 Å². The van der Waals surface area contributed by atoms with Gasteiger partial charge in [0.1, 0.15) is 0 Å². The second kappa shape index (κ2) is 8.00. The number of urea groups is 2. The van der Waals surface area contributed by atoms with E-state index in [1.807, 2.05) is 12.1 Å². The van der Waals surface area contributed by atoms with Crippen LogP contribution in [0.1, 0.15) is 31.4 Å². The fourth-order valence-corrected chi connectivity index (χ4v) is 2.91. The predicted octanol–water partition coefficient (Wildman–Crippen LogP) is 1.51. The van der Waals surface area contributed by atoms with E-state index in [-0.39, 0.29) is 29.9 Å². The van der Waals surface area contributed by atoms with Crippen LogP contribution in [0.4, 0.5) is 9.59 Å². The van der Waals surface area contributed by atoms with Crippen LogP contribution in [0.3, 0.4) is 0 Å². The van der Waals surface area contributed by atoms with Crippen LogP contribution >= 0.6 is 0 Å². The van der Waals surface area contributed by atoms with Crippen molar-refractivity contribution in [2.45, 2.75) is 32.6 Å². The molecule has 0 bridgehead atoms. The highest BCUT2D eigenvalue weighted by atomic mass is 16.2. The van der Waals surface area contributed by atoms with Crippen molar-refractivity contribution < 1.29 is 14.4 Å². The monoisotopic (exact) mass is 346 g/mol. The van der Waals surface area contributed by atoms with E-state index in [4.69, 9.17) is 0 Å². The lowest BCUT2D eigenvalue weighted by atomic mass is 9.82. The number of rotatable bonds is 7. The van der Waals surface area contributed by atoms with Crippen LogP contribution in [0.25, 0.3) is 0 Å². The first-order valence-corrected chi connectivity index (χ1v) is 8.47. The van der Waals surface area contributed by atoms with Gasteiger partial charge in [0.05, 0.1) is 6.54 Å². The SMILES string of the molecule is Cc1ccccc1C(C)(C)CNC(=O)NCCCN1C(=O)CNC1=O. The standard InChI is InChI=1S/C18H26N4O3/c1-13-7-4-5-8-14(13)18(2,3)12-21-16(24)19-9-6-10-22-15(23)11-20-17(22)25/h4-5,7-8H,6,9-12H2,1-3H3,(H,20,25)(H2,19,21,24). The molecule has 136 valence electrons. The maximum atomic E-state index is 11.9. The first-order valence-electron chi connectivity index (χ1n) is 8.47. The average Bonchev–Trinajstić information content (AvgIpc) is 2.89. The first kappa shape index (κ1) is 18.8. The van der Waals surface area contributed by atoms with Gasteiger partial charge in [0.15, 0.2) is 0 Å². The summed E-state index contributed by atoms with van der Waals surface area (Å²) in [6.45, 7) is 7.51. The number of hydrogen-bond donors (Lipinski definition) is 3. The Morgan fingerprint density at radius 3 is 2.60 bits per heavy atom. The van der Waals surface area contributed by atoms with E-state index in [2.05, 4.69) is 48.9 Å². The zero-order valence-electron chi connectivity index (χ0n) is 15.0.